The van der Waals surface area contributed by atoms with Crippen molar-refractivity contribution >= 4 is 33.0 Å². The van der Waals surface area contributed by atoms with E-state index in [1.54, 1.807) is 0 Å². The van der Waals surface area contributed by atoms with Crippen molar-refractivity contribution in [2.75, 3.05) is 18.4 Å². The highest BCUT2D eigenvalue weighted by atomic mass is 32.2. The third-order valence-electron chi connectivity index (χ3n) is 3.99. The third-order valence-corrected chi connectivity index (χ3v) is 6.97. The second-order valence-corrected chi connectivity index (χ2v) is 8.58. The summed E-state index contributed by atoms with van der Waals surface area (Å²) in [6, 6.07) is 5.34. The molecule has 0 radical (unpaired) electrons. The molecule has 1 saturated heterocycles. The molecule has 0 unspecified atom stereocenters. The topological polar surface area (TPSA) is 66.5 Å². The molecule has 1 amide bonds. The van der Waals surface area contributed by atoms with Crippen molar-refractivity contribution in [3.05, 3.63) is 46.2 Å². The number of carbonyl (C=O) groups is 1. The molecule has 10 heteroatoms. The van der Waals surface area contributed by atoms with Gasteiger partial charge < -0.3 is 5.32 Å². The maximum atomic E-state index is 12.7. The van der Waals surface area contributed by atoms with Gasteiger partial charge in [0, 0.05) is 18.8 Å². The van der Waals surface area contributed by atoms with Gasteiger partial charge in [-0.05, 0) is 48.6 Å². The SMILES string of the molecule is O=C(Nc1ccc(C(F)(F)F)cc1)c1sccc1S(=O)(=O)N1CCCC1. The van der Waals surface area contributed by atoms with E-state index < -0.39 is 27.7 Å². The number of alkyl halides is 3. The molecule has 1 fully saturated rings. The maximum Gasteiger partial charge on any atom is 0.416 e. The molecule has 2 aromatic rings. The van der Waals surface area contributed by atoms with Crippen molar-refractivity contribution in [2.45, 2.75) is 23.9 Å². The Bertz CT molecular complexity index is 900. The number of rotatable bonds is 4. The zero-order chi connectivity index (χ0) is 18.9. The fourth-order valence-electron chi connectivity index (χ4n) is 2.66. The standard InChI is InChI=1S/C16H15F3N2O3S2/c17-16(18,19)11-3-5-12(6-4-11)20-15(22)14-13(7-10-25-14)26(23,24)21-8-1-2-9-21/h3-7,10H,1-2,8-9H2,(H,20,22). The van der Waals surface area contributed by atoms with Gasteiger partial charge in [-0.15, -0.1) is 11.3 Å². The van der Waals surface area contributed by atoms with E-state index >= 15 is 0 Å². The van der Waals surface area contributed by atoms with Crippen LogP contribution in [0.3, 0.4) is 0 Å². The van der Waals surface area contributed by atoms with E-state index in [2.05, 4.69) is 5.32 Å². The van der Waals surface area contributed by atoms with Gasteiger partial charge in [0.15, 0.2) is 0 Å². The number of thiophene rings is 1. The largest absolute Gasteiger partial charge is 0.416 e. The molecule has 5 nitrogen and oxygen atoms in total. The number of sulfonamides is 1. The van der Waals surface area contributed by atoms with Gasteiger partial charge in [0.1, 0.15) is 9.77 Å². The normalized spacial score (nSPS) is 16.0. The van der Waals surface area contributed by atoms with E-state index in [0.717, 1.165) is 48.4 Å². The number of amides is 1. The summed E-state index contributed by atoms with van der Waals surface area (Å²) in [5, 5.41) is 3.95. The summed E-state index contributed by atoms with van der Waals surface area (Å²) < 4.78 is 64.4. The summed E-state index contributed by atoms with van der Waals surface area (Å²) in [7, 11) is -3.76. The van der Waals surface area contributed by atoms with Gasteiger partial charge in [-0.2, -0.15) is 17.5 Å². The summed E-state index contributed by atoms with van der Waals surface area (Å²) in [5.41, 5.74) is -0.676. The molecule has 1 aliphatic heterocycles. The number of nitrogens with one attached hydrogen (secondary N) is 1. The number of hydrogen-bond acceptors (Lipinski definition) is 4. The average molecular weight is 404 g/mol. The van der Waals surface area contributed by atoms with Crippen molar-refractivity contribution in [3.8, 4) is 0 Å². The lowest BCUT2D eigenvalue weighted by Crippen LogP contribution is -2.29. The molecule has 26 heavy (non-hydrogen) atoms. The Kier molecular flexibility index (Phi) is 5.09. The Morgan fingerprint density at radius 2 is 1.69 bits per heavy atom. The van der Waals surface area contributed by atoms with Crippen LogP contribution in [0.5, 0.6) is 0 Å². The Morgan fingerprint density at radius 3 is 2.27 bits per heavy atom. The zero-order valence-electron chi connectivity index (χ0n) is 13.4. The Morgan fingerprint density at radius 1 is 1.08 bits per heavy atom. The maximum absolute atomic E-state index is 12.7. The van der Waals surface area contributed by atoms with Crippen LogP contribution in [0, 0.1) is 0 Å². The molecule has 0 spiro atoms. The van der Waals surface area contributed by atoms with Gasteiger partial charge in [-0.25, -0.2) is 8.42 Å². The highest BCUT2D eigenvalue weighted by Gasteiger charge is 2.32. The first-order valence-electron chi connectivity index (χ1n) is 7.76. The van der Waals surface area contributed by atoms with Crippen molar-refractivity contribution in [1.82, 2.24) is 4.31 Å². The van der Waals surface area contributed by atoms with Crippen molar-refractivity contribution in [3.63, 3.8) is 0 Å². The van der Waals surface area contributed by atoms with Crippen LogP contribution in [0.1, 0.15) is 28.1 Å². The molecule has 0 bridgehead atoms. The second-order valence-electron chi connectivity index (χ2n) is 5.75. The van der Waals surface area contributed by atoms with Crippen LogP contribution in [0.2, 0.25) is 0 Å². The quantitative estimate of drug-likeness (QED) is 0.843. The monoisotopic (exact) mass is 404 g/mol. The molecule has 1 aromatic heterocycles. The molecule has 0 atom stereocenters. The van der Waals surface area contributed by atoms with Crippen molar-refractivity contribution in [2.24, 2.45) is 0 Å². The average Bonchev–Trinajstić information content (AvgIpc) is 3.26. The summed E-state index contributed by atoms with van der Waals surface area (Å²) in [4.78, 5) is 12.4. The minimum Gasteiger partial charge on any atom is -0.321 e. The molecule has 0 saturated carbocycles. The number of carbonyl (C=O) groups excluding carboxylic acids is 1. The van der Waals surface area contributed by atoms with Gasteiger partial charge in [0.2, 0.25) is 10.0 Å². The summed E-state index contributed by atoms with van der Waals surface area (Å²) in [6.45, 7) is 0.830. The summed E-state index contributed by atoms with van der Waals surface area (Å²) in [5.74, 6) is -0.669. The zero-order valence-corrected chi connectivity index (χ0v) is 15.0. The van der Waals surface area contributed by atoms with Crippen LogP contribution in [0.25, 0.3) is 0 Å². The second kappa shape index (κ2) is 7.01. The molecule has 140 valence electrons. The lowest BCUT2D eigenvalue weighted by atomic mass is 10.2. The third kappa shape index (κ3) is 3.76. The predicted octanol–water partition coefficient (Wildman–Crippen LogP) is 3.80. The molecular weight excluding hydrogens is 389 g/mol. The van der Waals surface area contributed by atoms with Crippen LogP contribution in [-0.4, -0.2) is 31.7 Å². The Labute approximate surface area is 152 Å². The highest BCUT2D eigenvalue weighted by molar-refractivity contribution is 7.89. The fraction of sp³-hybridized carbons (Fsp3) is 0.312. The van der Waals surface area contributed by atoms with Gasteiger partial charge in [-0.3, -0.25) is 4.79 Å². The molecule has 1 aliphatic rings. The lowest BCUT2D eigenvalue weighted by Gasteiger charge is -2.15. The van der Waals surface area contributed by atoms with Crippen LogP contribution in [0.15, 0.2) is 40.6 Å². The molecule has 1 N–H and O–H groups in total. The van der Waals surface area contributed by atoms with Gasteiger partial charge in [0.05, 0.1) is 5.56 Å². The van der Waals surface area contributed by atoms with Crippen LogP contribution in [-0.2, 0) is 16.2 Å². The number of nitrogens with zero attached hydrogens (tertiary/aromatic N) is 1. The first kappa shape index (κ1) is 18.9. The Balaban J connectivity index is 1.80. The number of halogens is 3. The van der Waals surface area contributed by atoms with Crippen molar-refractivity contribution in [1.29, 1.82) is 0 Å². The first-order chi connectivity index (χ1) is 12.2. The number of benzene rings is 1. The van der Waals surface area contributed by atoms with E-state index in [1.165, 1.54) is 15.8 Å². The molecule has 3 rings (SSSR count). The van der Waals surface area contributed by atoms with E-state index in [-0.39, 0.29) is 15.5 Å². The van der Waals surface area contributed by atoms with E-state index in [0.29, 0.717) is 13.1 Å². The van der Waals surface area contributed by atoms with E-state index in [1.807, 2.05) is 0 Å². The summed E-state index contributed by atoms with van der Waals surface area (Å²) in [6.07, 6.45) is -2.92. The number of hydrogen-bond donors (Lipinski definition) is 1. The summed E-state index contributed by atoms with van der Waals surface area (Å²) >= 11 is 0.972. The fourth-order valence-corrected chi connectivity index (χ4v) is 5.48. The highest BCUT2D eigenvalue weighted by Crippen LogP contribution is 2.31. The van der Waals surface area contributed by atoms with Crippen molar-refractivity contribution < 1.29 is 26.4 Å². The first-order valence-corrected chi connectivity index (χ1v) is 10.1. The van der Waals surface area contributed by atoms with Crippen LogP contribution in [0.4, 0.5) is 18.9 Å². The smallest absolute Gasteiger partial charge is 0.321 e. The minimum atomic E-state index is -4.47. The molecular formula is C16H15F3N2O3S2. The van der Waals surface area contributed by atoms with Gasteiger partial charge in [0.25, 0.3) is 5.91 Å². The minimum absolute atomic E-state index is 0.0109. The number of anilines is 1. The molecule has 1 aromatic carbocycles. The Hall–Kier alpha value is -1.91. The van der Waals surface area contributed by atoms with E-state index in [4.69, 9.17) is 0 Å². The molecule has 0 aliphatic carbocycles. The lowest BCUT2D eigenvalue weighted by molar-refractivity contribution is -0.137. The van der Waals surface area contributed by atoms with Gasteiger partial charge >= 0.3 is 6.18 Å². The van der Waals surface area contributed by atoms with Crippen LogP contribution >= 0.6 is 11.3 Å². The van der Waals surface area contributed by atoms with Gasteiger partial charge in [-0.1, -0.05) is 0 Å². The molecule has 2 heterocycles. The van der Waals surface area contributed by atoms with E-state index in [9.17, 15) is 26.4 Å². The van der Waals surface area contributed by atoms with Crippen LogP contribution < -0.4 is 5.32 Å². The predicted molar refractivity (Wildman–Crippen MR) is 91.7 cm³/mol.